The highest BCUT2D eigenvalue weighted by molar-refractivity contribution is 9.10. The molecular formula is C11H14BrNS. The normalized spacial score (nSPS) is 26.7. The number of nitrogens with two attached hydrogens (primary N) is 1. The number of thioether (sulfide) groups is 1. The maximum atomic E-state index is 6.03. The minimum atomic E-state index is 0.392. The maximum Gasteiger partial charge on any atom is 0.0246 e. The van der Waals surface area contributed by atoms with Crippen LogP contribution >= 0.6 is 27.7 Å². The monoisotopic (exact) mass is 271 g/mol. The van der Waals surface area contributed by atoms with Gasteiger partial charge in [0.05, 0.1) is 0 Å². The maximum absolute atomic E-state index is 6.03. The van der Waals surface area contributed by atoms with E-state index in [4.69, 9.17) is 5.73 Å². The van der Waals surface area contributed by atoms with Gasteiger partial charge in [-0.15, -0.1) is 11.8 Å². The van der Waals surface area contributed by atoms with E-state index in [0.29, 0.717) is 11.3 Å². The second-order valence-corrected chi connectivity index (χ2v) is 5.93. The second kappa shape index (κ2) is 4.69. The first-order valence-corrected chi connectivity index (χ1v) is 6.61. The highest BCUT2D eigenvalue weighted by Crippen LogP contribution is 2.34. The lowest BCUT2D eigenvalue weighted by molar-refractivity contribution is 0.716. The highest BCUT2D eigenvalue weighted by Gasteiger charge is 2.24. The molecule has 76 valence electrons. The number of rotatable bonds is 2. The molecule has 3 heteroatoms. The summed E-state index contributed by atoms with van der Waals surface area (Å²) in [6.07, 6.45) is 3.74. The van der Waals surface area contributed by atoms with E-state index in [1.807, 2.05) is 11.8 Å². The van der Waals surface area contributed by atoms with Gasteiger partial charge in [-0.05, 0) is 37.1 Å². The minimum Gasteiger partial charge on any atom is -0.327 e. The van der Waals surface area contributed by atoms with E-state index in [0.717, 1.165) is 4.47 Å². The molecule has 0 amide bonds. The van der Waals surface area contributed by atoms with Gasteiger partial charge in [0.15, 0.2) is 0 Å². The Balaban J connectivity index is 2.00. The summed E-state index contributed by atoms with van der Waals surface area (Å²) in [6.45, 7) is 0. The third kappa shape index (κ3) is 2.53. The Kier molecular flexibility index (Phi) is 3.52. The quantitative estimate of drug-likeness (QED) is 0.892. The predicted octanol–water partition coefficient (Wildman–Crippen LogP) is 3.42. The zero-order valence-electron chi connectivity index (χ0n) is 7.95. The van der Waals surface area contributed by atoms with E-state index < -0.39 is 0 Å². The van der Waals surface area contributed by atoms with Crippen LogP contribution in [0, 0.1) is 0 Å². The SMILES string of the molecule is NC1CCCC1Sc1ccc(Br)cc1. The molecule has 1 aliphatic rings. The third-order valence-electron chi connectivity index (χ3n) is 2.60. The van der Waals surface area contributed by atoms with Crippen molar-refractivity contribution in [2.24, 2.45) is 5.73 Å². The summed E-state index contributed by atoms with van der Waals surface area (Å²) in [5, 5.41) is 0.621. The zero-order valence-corrected chi connectivity index (χ0v) is 10.4. The largest absolute Gasteiger partial charge is 0.327 e. The molecule has 0 aliphatic heterocycles. The van der Waals surface area contributed by atoms with Crippen molar-refractivity contribution >= 4 is 27.7 Å². The summed E-state index contributed by atoms with van der Waals surface area (Å²) in [4.78, 5) is 1.33. The number of halogens is 1. The molecule has 1 nitrogen and oxygen atoms in total. The van der Waals surface area contributed by atoms with E-state index in [9.17, 15) is 0 Å². The van der Waals surface area contributed by atoms with Gasteiger partial charge < -0.3 is 5.73 Å². The van der Waals surface area contributed by atoms with Crippen LogP contribution in [0.4, 0.5) is 0 Å². The molecule has 1 aliphatic carbocycles. The second-order valence-electron chi connectivity index (χ2n) is 3.70. The minimum absolute atomic E-state index is 0.392. The lowest BCUT2D eigenvalue weighted by Crippen LogP contribution is -2.26. The standard InChI is InChI=1S/C11H14BrNS/c12-8-4-6-9(7-5-8)14-11-3-1-2-10(11)13/h4-7,10-11H,1-3,13H2. The van der Waals surface area contributed by atoms with Gasteiger partial charge in [0.25, 0.3) is 0 Å². The first-order valence-electron chi connectivity index (χ1n) is 4.93. The Morgan fingerprint density at radius 1 is 1.21 bits per heavy atom. The van der Waals surface area contributed by atoms with E-state index in [-0.39, 0.29) is 0 Å². The average Bonchev–Trinajstić information content (AvgIpc) is 2.56. The lowest BCUT2D eigenvalue weighted by atomic mass is 10.3. The first kappa shape index (κ1) is 10.5. The molecule has 0 aromatic heterocycles. The Morgan fingerprint density at radius 3 is 2.50 bits per heavy atom. The fourth-order valence-corrected chi connectivity index (χ4v) is 3.29. The Bertz CT molecular complexity index is 299. The molecule has 2 unspecified atom stereocenters. The van der Waals surface area contributed by atoms with Crippen LogP contribution in [0.25, 0.3) is 0 Å². The van der Waals surface area contributed by atoms with Crippen LogP contribution in [-0.4, -0.2) is 11.3 Å². The predicted molar refractivity (Wildman–Crippen MR) is 65.6 cm³/mol. The summed E-state index contributed by atoms with van der Waals surface area (Å²) >= 11 is 5.36. The van der Waals surface area contributed by atoms with Gasteiger partial charge in [-0.3, -0.25) is 0 Å². The molecule has 0 saturated heterocycles. The zero-order chi connectivity index (χ0) is 9.97. The molecule has 14 heavy (non-hydrogen) atoms. The summed E-state index contributed by atoms with van der Waals surface area (Å²) in [5.41, 5.74) is 6.03. The van der Waals surface area contributed by atoms with Crippen LogP contribution in [0.3, 0.4) is 0 Å². The molecule has 1 saturated carbocycles. The highest BCUT2D eigenvalue weighted by atomic mass is 79.9. The van der Waals surface area contributed by atoms with Gasteiger partial charge in [0.1, 0.15) is 0 Å². The van der Waals surface area contributed by atoms with Crippen LogP contribution in [0.15, 0.2) is 33.6 Å². The molecule has 1 aromatic rings. The van der Waals surface area contributed by atoms with Crippen LogP contribution in [0.2, 0.25) is 0 Å². The smallest absolute Gasteiger partial charge is 0.0246 e. The Labute approximate surface area is 97.6 Å². The van der Waals surface area contributed by atoms with Crippen LogP contribution in [-0.2, 0) is 0 Å². The molecule has 2 atom stereocenters. The fourth-order valence-electron chi connectivity index (χ4n) is 1.79. The van der Waals surface area contributed by atoms with Gasteiger partial charge in [-0.1, -0.05) is 22.4 Å². The van der Waals surface area contributed by atoms with Gasteiger partial charge in [-0.2, -0.15) is 0 Å². The third-order valence-corrected chi connectivity index (χ3v) is 4.57. The first-order chi connectivity index (χ1) is 6.75. The molecule has 1 fully saturated rings. The van der Waals surface area contributed by atoms with E-state index in [1.54, 1.807) is 0 Å². The number of benzene rings is 1. The molecule has 1 aromatic carbocycles. The van der Waals surface area contributed by atoms with Crippen molar-refractivity contribution in [3.05, 3.63) is 28.7 Å². The topological polar surface area (TPSA) is 26.0 Å². The molecule has 2 N–H and O–H groups in total. The van der Waals surface area contributed by atoms with Crippen LogP contribution in [0.5, 0.6) is 0 Å². The molecular weight excluding hydrogens is 258 g/mol. The van der Waals surface area contributed by atoms with E-state index >= 15 is 0 Å². The van der Waals surface area contributed by atoms with E-state index in [1.165, 1.54) is 24.2 Å². The van der Waals surface area contributed by atoms with Gasteiger partial charge in [-0.25, -0.2) is 0 Å². The van der Waals surface area contributed by atoms with Crippen LogP contribution < -0.4 is 5.73 Å². The van der Waals surface area contributed by atoms with Gasteiger partial charge >= 0.3 is 0 Å². The Morgan fingerprint density at radius 2 is 1.93 bits per heavy atom. The fraction of sp³-hybridized carbons (Fsp3) is 0.455. The summed E-state index contributed by atoms with van der Waals surface area (Å²) in [5.74, 6) is 0. The van der Waals surface area contributed by atoms with Gasteiger partial charge in [0.2, 0.25) is 0 Å². The van der Waals surface area contributed by atoms with Crippen molar-refractivity contribution in [3.8, 4) is 0 Å². The Hall–Kier alpha value is 0.01000. The van der Waals surface area contributed by atoms with Crippen molar-refractivity contribution in [1.82, 2.24) is 0 Å². The number of hydrogen-bond acceptors (Lipinski definition) is 2. The van der Waals surface area contributed by atoms with Gasteiger partial charge in [0, 0.05) is 20.7 Å². The summed E-state index contributed by atoms with van der Waals surface area (Å²) in [7, 11) is 0. The van der Waals surface area contributed by atoms with Crippen molar-refractivity contribution in [2.45, 2.75) is 35.4 Å². The van der Waals surface area contributed by atoms with Crippen molar-refractivity contribution in [2.75, 3.05) is 0 Å². The molecule has 0 spiro atoms. The summed E-state index contributed by atoms with van der Waals surface area (Å²) in [6, 6.07) is 8.87. The molecule has 0 heterocycles. The van der Waals surface area contributed by atoms with Crippen molar-refractivity contribution in [3.63, 3.8) is 0 Å². The van der Waals surface area contributed by atoms with E-state index in [2.05, 4.69) is 40.2 Å². The van der Waals surface area contributed by atoms with Crippen molar-refractivity contribution in [1.29, 1.82) is 0 Å². The number of hydrogen-bond donors (Lipinski definition) is 1. The average molecular weight is 272 g/mol. The molecule has 0 radical (unpaired) electrons. The molecule has 2 rings (SSSR count). The molecule has 0 bridgehead atoms. The summed E-state index contributed by atoms with van der Waals surface area (Å²) < 4.78 is 1.14. The van der Waals surface area contributed by atoms with Crippen molar-refractivity contribution < 1.29 is 0 Å². The lowest BCUT2D eigenvalue weighted by Gasteiger charge is -2.14. The van der Waals surface area contributed by atoms with Crippen LogP contribution in [0.1, 0.15) is 19.3 Å².